The van der Waals surface area contributed by atoms with Gasteiger partial charge < -0.3 is 15.0 Å². The number of nitrogens with two attached hydrogens (primary N) is 1. The van der Waals surface area contributed by atoms with Crippen molar-refractivity contribution in [1.82, 2.24) is 4.57 Å². The fraction of sp³-hybridized carbons (Fsp3) is 0.100. The summed E-state index contributed by atoms with van der Waals surface area (Å²) in [4.78, 5) is 12.8. The second-order valence-electron chi connectivity index (χ2n) is 5.68. The molecule has 25 heavy (non-hydrogen) atoms. The third-order valence-corrected chi connectivity index (χ3v) is 4.06. The predicted octanol–water partition coefficient (Wildman–Crippen LogP) is 3.48. The number of hydrogen-bond acceptors (Lipinski definition) is 4. The number of aryl methyl sites for hydroxylation is 1. The van der Waals surface area contributed by atoms with Crippen molar-refractivity contribution in [1.29, 1.82) is 5.26 Å². The van der Waals surface area contributed by atoms with Crippen LogP contribution >= 0.6 is 0 Å². The molecule has 2 aromatic carbocycles. The third kappa shape index (κ3) is 2.98. The molecule has 0 amide bonds. The molecule has 5 nitrogen and oxygen atoms in total. The molecule has 0 spiro atoms. The molecule has 0 fully saturated rings. The van der Waals surface area contributed by atoms with E-state index in [1.807, 2.05) is 37.3 Å². The number of nitrogens with zero attached hydrogens (tertiary/aromatic N) is 2. The van der Waals surface area contributed by atoms with Gasteiger partial charge in [0, 0.05) is 17.4 Å². The largest absolute Gasteiger partial charge is 0.497 e. The Bertz CT molecular complexity index is 962. The highest BCUT2D eigenvalue weighted by Crippen LogP contribution is 2.26. The van der Waals surface area contributed by atoms with Gasteiger partial charge in [-0.2, -0.15) is 5.26 Å². The van der Waals surface area contributed by atoms with Gasteiger partial charge in [0.05, 0.1) is 12.7 Å². The highest BCUT2D eigenvalue weighted by molar-refractivity contribution is 6.11. The number of benzene rings is 2. The van der Waals surface area contributed by atoms with Gasteiger partial charge in [0.1, 0.15) is 23.2 Å². The molecule has 0 radical (unpaired) electrons. The minimum atomic E-state index is -0.226. The molecule has 1 heterocycles. The van der Waals surface area contributed by atoms with E-state index in [1.54, 1.807) is 42.1 Å². The maximum atomic E-state index is 12.8. The van der Waals surface area contributed by atoms with E-state index in [1.165, 1.54) is 0 Å². The number of nitriles is 1. The van der Waals surface area contributed by atoms with Crippen LogP contribution in [-0.4, -0.2) is 17.5 Å². The normalized spacial score (nSPS) is 10.3. The standard InChI is InChI=1S/C20H17N3O2/c1-13-3-5-14(6-4-13)19(24)18-12-23(20(22)17(18)11-21)15-7-9-16(25-2)10-8-15/h3-10,12H,22H2,1-2H3. The number of carbonyl (C=O) groups is 1. The third-order valence-electron chi connectivity index (χ3n) is 4.06. The number of nitrogen functional groups attached to an aromatic ring is 1. The fourth-order valence-corrected chi connectivity index (χ4v) is 2.63. The average Bonchev–Trinajstić information content (AvgIpc) is 2.98. The summed E-state index contributed by atoms with van der Waals surface area (Å²) in [5.74, 6) is 0.726. The molecule has 3 aromatic rings. The summed E-state index contributed by atoms with van der Waals surface area (Å²) in [6, 6.07) is 16.5. The lowest BCUT2D eigenvalue weighted by atomic mass is 10.0. The van der Waals surface area contributed by atoms with Crippen LogP contribution in [0.1, 0.15) is 27.0 Å². The monoisotopic (exact) mass is 331 g/mol. The van der Waals surface area contributed by atoms with E-state index in [0.29, 0.717) is 16.9 Å². The smallest absolute Gasteiger partial charge is 0.195 e. The van der Waals surface area contributed by atoms with Crippen molar-refractivity contribution in [3.8, 4) is 17.5 Å². The molecular weight excluding hydrogens is 314 g/mol. The molecule has 0 bridgehead atoms. The molecule has 0 aliphatic carbocycles. The zero-order valence-corrected chi connectivity index (χ0v) is 14.0. The molecular formula is C20H17N3O2. The van der Waals surface area contributed by atoms with Gasteiger partial charge in [0.25, 0.3) is 0 Å². The molecule has 1 aromatic heterocycles. The first-order valence-corrected chi connectivity index (χ1v) is 7.72. The van der Waals surface area contributed by atoms with Crippen LogP contribution in [0.15, 0.2) is 54.7 Å². The topological polar surface area (TPSA) is 81.0 Å². The SMILES string of the molecule is COc1ccc(-n2cc(C(=O)c3ccc(C)cc3)c(C#N)c2N)cc1. The number of ether oxygens (including phenoxy) is 1. The first kappa shape index (κ1) is 16.3. The molecule has 2 N–H and O–H groups in total. The minimum absolute atomic E-state index is 0.182. The van der Waals surface area contributed by atoms with Crippen LogP contribution in [0.25, 0.3) is 5.69 Å². The fourth-order valence-electron chi connectivity index (χ4n) is 2.63. The first-order valence-electron chi connectivity index (χ1n) is 7.72. The quantitative estimate of drug-likeness (QED) is 0.742. The zero-order chi connectivity index (χ0) is 18.0. The predicted molar refractivity (Wildman–Crippen MR) is 96.1 cm³/mol. The van der Waals surface area contributed by atoms with Gasteiger partial charge in [0.2, 0.25) is 0 Å². The molecule has 0 saturated heterocycles. The lowest BCUT2D eigenvalue weighted by molar-refractivity contribution is 0.103. The van der Waals surface area contributed by atoms with Gasteiger partial charge in [0.15, 0.2) is 5.78 Å². The van der Waals surface area contributed by atoms with Gasteiger partial charge in [-0.1, -0.05) is 29.8 Å². The lowest BCUT2D eigenvalue weighted by Crippen LogP contribution is -2.02. The maximum Gasteiger partial charge on any atom is 0.195 e. The summed E-state index contributed by atoms with van der Waals surface area (Å²) >= 11 is 0. The summed E-state index contributed by atoms with van der Waals surface area (Å²) in [5, 5.41) is 9.47. The Balaban J connectivity index is 2.07. The summed E-state index contributed by atoms with van der Waals surface area (Å²) in [7, 11) is 1.59. The summed E-state index contributed by atoms with van der Waals surface area (Å²) in [6.07, 6.45) is 1.61. The highest BCUT2D eigenvalue weighted by Gasteiger charge is 2.21. The minimum Gasteiger partial charge on any atom is -0.497 e. The summed E-state index contributed by atoms with van der Waals surface area (Å²) in [6.45, 7) is 1.95. The number of rotatable bonds is 4. The van der Waals surface area contributed by atoms with E-state index in [2.05, 4.69) is 0 Å². The van der Waals surface area contributed by atoms with E-state index in [9.17, 15) is 10.1 Å². The Hall–Kier alpha value is -3.52. The summed E-state index contributed by atoms with van der Waals surface area (Å²) < 4.78 is 6.78. The van der Waals surface area contributed by atoms with Crippen LogP contribution < -0.4 is 10.5 Å². The van der Waals surface area contributed by atoms with Crippen molar-refractivity contribution in [2.75, 3.05) is 12.8 Å². The molecule has 0 unspecified atom stereocenters. The van der Waals surface area contributed by atoms with Gasteiger partial charge >= 0.3 is 0 Å². The Morgan fingerprint density at radius 2 is 1.76 bits per heavy atom. The Labute approximate surface area is 145 Å². The van der Waals surface area contributed by atoms with Crippen molar-refractivity contribution < 1.29 is 9.53 Å². The van der Waals surface area contributed by atoms with Crippen LogP contribution in [0.5, 0.6) is 5.75 Å². The van der Waals surface area contributed by atoms with E-state index in [0.717, 1.165) is 11.3 Å². The van der Waals surface area contributed by atoms with Crippen LogP contribution in [0.2, 0.25) is 0 Å². The number of ketones is 1. The van der Waals surface area contributed by atoms with Crippen LogP contribution in [0, 0.1) is 18.3 Å². The van der Waals surface area contributed by atoms with Crippen LogP contribution in [-0.2, 0) is 0 Å². The first-order chi connectivity index (χ1) is 12.0. The second kappa shape index (κ2) is 6.54. The van der Waals surface area contributed by atoms with E-state index in [4.69, 9.17) is 10.5 Å². The van der Waals surface area contributed by atoms with Crippen molar-refractivity contribution in [3.05, 3.63) is 77.0 Å². The zero-order valence-electron chi connectivity index (χ0n) is 14.0. The molecule has 5 heteroatoms. The maximum absolute atomic E-state index is 12.8. The molecule has 0 aliphatic rings. The molecule has 0 atom stereocenters. The molecule has 0 aliphatic heterocycles. The van der Waals surface area contributed by atoms with E-state index < -0.39 is 0 Å². The van der Waals surface area contributed by atoms with Crippen molar-refractivity contribution >= 4 is 11.6 Å². The second-order valence-corrected chi connectivity index (χ2v) is 5.68. The van der Waals surface area contributed by atoms with Crippen LogP contribution in [0.3, 0.4) is 0 Å². The summed E-state index contributed by atoms with van der Waals surface area (Å²) in [5.41, 5.74) is 8.92. The van der Waals surface area contributed by atoms with Crippen molar-refractivity contribution in [2.24, 2.45) is 0 Å². The van der Waals surface area contributed by atoms with Crippen molar-refractivity contribution in [3.63, 3.8) is 0 Å². The van der Waals surface area contributed by atoms with Gasteiger partial charge in [-0.05, 0) is 31.2 Å². The molecule has 124 valence electrons. The van der Waals surface area contributed by atoms with E-state index in [-0.39, 0.29) is 17.2 Å². The Morgan fingerprint density at radius 1 is 1.12 bits per heavy atom. The average molecular weight is 331 g/mol. The highest BCUT2D eigenvalue weighted by atomic mass is 16.5. The molecule has 3 rings (SSSR count). The number of aromatic nitrogens is 1. The Kier molecular flexibility index (Phi) is 4.27. The number of hydrogen-bond donors (Lipinski definition) is 1. The van der Waals surface area contributed by atoms with Gasteiger partial charge in [-0.15, -0.1) is 0 Å². The van der Waals surface area contributed by atoms with Crippen molar-refractivity contribution in [2.45, 2.75) is 6.92 Å². The van der Waals surface area contributed by atoms with Crippen LogP contribution in [0.4, 0.5) is 5.82 Å². The lowest BCUT2D eigenvalue weighted by Gasteiger charge is -2.06. The number of methoxy groups -OCH3 is 1. The number of anilines is 1. The van der Waals surface area contributed by atoms with Gasteiger partial charge in [-0.3, -0.25) is 4.79 Å². The van der Waals surface area contributed by atoms with E-state index >= 15 is 0 Å². The Morgan fingerprint density at radius 3 is 2.32 bits per heavy atom. The number of carbonyl (C=O) groups excluding carboxylic acids is 1. The molecule has 0 saturated carbocycles. The van der Waals surface area contributed by atoms with Gasteiger partial charge in [-0.25, -0.2) is 0 Å².